The Labute approximate surface area is 154 Å². The molecule has 1 aliphatic carbocycles. The van der Waals surface area contributed by atoms with E-state index in [-0.39, 0.29) is 11.5 Å². The van der Waals surface area contributed by atoms with Gasteiger partial charge in [-0.2, -0.15) is 0 Å². The lowest BCUT2D eigenvalue weighted by Gasteiger charge is -2.18. The van der Waals surface area contributed by atoms with Crippen LogP contribution in [0.1, 0.15) is 20.8 Å². The molecule has 0 saturated heterocycles. The molecular formula is C19H25ClN4O. The zero-order valence-corrected chi connectivity index (χ0v) is 15.7. The highest BCUT2D eigenvalue weighted by Crippen LogP contribution is 2.21. The molecule has 0 fully saturated rings. The van der Waals surface area contributed by atoms with Crippen molar-refractivity contribution >= 4 is 40.2 Å². The van der Waals surface area contributed by atoms with Gasteiger partial charge in [0.1, 0.15) is 5.38 Å². The second-order valence-electron chi connectivity index (χ2n) is 5.97. The molecule has 0 spiro atoms. The van der Waals surface area contributed by atoms with Crippen LogP contribution < -0.4 is 5.32 Å². The van der Waals surface area contributed by atoms with Gasteiger partial charge in [0.05, 0.1) is 17.1 Å². The molecule has 25 heavy (non-hydrogen) atoms. The van der Waals surface area contributed by atoms with Crippen LogP contribution in [0.25, 0.3) is 0 Å². The number of carbonyl (C=O) groups excluding carboxylic acids is 1. The summed E-state index contributed by atoms with van der Waals surface area (Å²) in [5.74, 6) is -0.224. The first-order chi connectivity index (χ1) is 12.0. The van der Waals surface area contributed by atoms with Gasteiger partial charge in [-0.25, -0.2) is 4.99 Å². The SMILES string of the molecule is CCN(CC)CCNc1ccc(N=C2C=C(C)C(=O)C(Cl)C2=N)cc1. The molecule has 0 aliphatic heterocycles. The van der Waals surface area contributed by atoms with Crippen LogP contribution in [0.4, 0.5) is 11.4 Å². The van der Waals surface area contributed by atoms with E-state index in [4.69, 9.17) is 17.0 Å². The Morgan fingerprint density at radius 1 is 1.24 bits per heavy atom. The number of carbonyl (C=O) groups is 1. The summed E-state index contributed by atoms with van der Waals surface area (Å²) in [6, 6.07) is 7.72. The van der Waals surface area contributed by atoms with E-state index in [9.17, 15) is 4.79 Å². The van der Waals surface area contributed by atoms with Crippen molar-refractivity contribution < 1.29 is 4.79 Å². The molecule has 134 valence electrons. The Hall–Kier alpha value is -1.98. The topological polar surface area (TPSA) is 68.6 Å². The number of anilines is 1. The number of ketones is 1. The monoisotopic (exact) mass is 360 g/mol. The number of Topliss-reactive ketones (excluding diaryl/α,β-unsaturated/α-hetero) is 1. The Kier molecular flexibility index (Phi) is 6.91. The highest BCUT2D eigenvalue weighted by molar-refractivity contribution is 6.63. The third-order valence-corrected chi connectivity index (χ3v) is 4.69. The molecule has 1 atom stereocenters. The van der Waals surface area contributed by atoms with Crippen molar-refractivity contribution in [1.82, 2.24) is 4.90 Å². The highest BCUT2D eigenvalue weighted by Gasteiger charge is 2.29. The van der Waals surface area contributed by atoms with Crippen LogP contribution in [0, 0.1) is 5.41 Å². The summed E-state index contributed by atoms with van der Waals surface area (Å²) in [5, 5.41) is 10.4. The van der Waals surface area contributed by atoms with Gasteiger partial charge in [-0.3, -0.25) is 4.79 Å². The average molecular weight is 361 g/mol. The molecule has 1 aromatic carbocycles. The fraction of sp³-hybridized carbons (Fsp3) is 0.421. The second-order valence-corrected chi connectivity index (χ2v) is 6.40. The Morgan fingerprint density at radius 3 is 2.48 bits per heavy atom. The maximum absolute atomic E-state index is 11.8. The fourth-order valence-corrected chi connectivity index (χ4v) is 2.88. The van der Waals surface area contributed by atoms with Crippen molar-refractivity contribution in [2.75, 3.05) is 31.5 Å². The van der Waals surface area contributed by atoms with Gasteiger partial charge in [-0.05, 0) is 55.9 Å². The number of rotatable bonds is 7. The van der Waals surface area contributed by atoms with E-state index in [1.165, 1.54) is 0 Å². The van der Waals surface area contributed by atoms with Crippen molar-refractivity contribution in [3.05, 3.63) is 35.9 Å². The van der Waals surface area contributed by atoms with E-state index in [0.29, 0.717) is 11.3 Å². The largest absolute Gasteiger partial charge is 0.384 e. The van der Waals surface area contributed by atoms with Crippen molar-refractivity contribution in [2.45, 2.75) is 26.1 Å². The van der Waals surface area contributed by atoms with Crippen LogP contribution >= 0.6 is 11.6 Å². The summed E-state index contributed by atoms with van der Waals surface area (Å²) in [6.07, 6.45) is 1.62. The standard InChI is InChI=1S/C19H25ClN4O/c1-4-24(5-2)11-10-22-14-6-8-15(9-7-14)23-16-12-13(3)19(25)17(20)18(16)21/h6-9,12,17,21-22H,4-5,10-11H2,1-3H3. The molecular weight excluding hydrogens is 336 g/mol. The Morgan fingerprint density at radius 2 is 1.88 bits per heavy atom. The van der Waals surface area contributed by atoms with Gasteiger partial charge in [0.15, 0.2) is 5.78 Å². The van der Waals surface area contributed by atoms with E-state index in [2.05, 4.69) is 29.1 Å². The van der Waals surface area contributed by atoms with Crippen molar-refractivity contribution in [3.8, 4) is 0 Å². The van der Waals surface area contributed by atoms with Crippen molar-refractivity contribution in [3.63, 3.8) is 0 Å². The number of nitrogens with one attached hydrogen (secondary N) is 2. The minimum Gasteiger partial charge on any atom is -0.384 e. The summed E-state index contributed by atoms with van der Waals surface area (Å²) < 4.78 is 0. The van der Waals surface area contributed by atoms with Gasteiger partial charge in [-0.15, -0.1) is 11.6 Å². The Balaban J connectivity index is 2.03. The number of alkyl halides is 1. The zero-order chi connectivity index (χ0) is 18.4. The third kappa shape index (κ3) is 5.00. The molecule has 1 aromatic rings. The number of allylic oxidation sites excluding steroid dienone is 2. The number of benzene rings is 1. The van der Waals surface area contributed by atoms with Crippen LogP contribution in [-0.4, -0.2) is 53.7 Å². The summed E-state index contributed by atoms with van der Waals surface area (Å²) >= 11 is 6.00. The first kappa shape index (κ1) is 19.3. The van der Waals surface area contributed by atoms with Gasteiger partial charge in [0.2, 0.25) is 0 Å². The molecule has 0 heterocycles. The minimum atomic E-state index is -0.940. The first-order valence-electron chi connectivity index (χ1n) is 8.56. The van der Waals surface area contributed by atoms with E-state index >= 15 is 0 Å². The Bertz CT molecular complexity index is 690. The van der Waals surface area contributed by atoms with Crippen molar-refractivity contribution in [2.24, 2.45) is 4.99 Å². The molecule has 0 radical (unpaired) electrons. The van der Waals surface area contributed by atoms with Crippen LogP contribution in [0.3, 0.4) is 0 Å². The summed E-state index contributed by atoms with van der Waals surface area (Å²) in [6.45, 7) is 10.0. The average Bonchev–Trinajstić information content (AvgIpc) is 2.63. The lowest BCUT2D eigenvalue weighted by Crippen LogP contribution is -2.34. The normalized spacial score (nSPS) is 19.5. The highest BCUT2D eigenvalue weighted by atomic mass is 35.5. The van der Waals surface area contributed by atoms with Crippen molar-refractivity contribution in [1.29, 1.82) is 5.41 Å². The van der Waals surface area contributed by atoms with Gasteiger partial charge in [-0.1, -0.05) is 13.8 Å². The van der Waals surface area contributed by atoms with Gasteiger partial charge in [0, 0.05) is 18.8 Å². The minimum absolute atomic E-state index is 0.0543. The summed E-state index contributed by atoms with van der Waals surface area (Å²) in [4.78, 5) is 18.6. The second kappa shape index (κ2) is 8.92. The number of likely N-dealkylation sites (N-methyl/N-ethyl adjacent to an activating group) is 1. The molecule has 2 N–H and O–H groups in total. The summed E-state index contributed by atoms with van der Waals surface area (Å²) in [5.41, 5.74) is 2.80. The molecule has 0 bridgehead atoms. The zero-order valence-electron chi connectivity index (χ0n) is 15.0. The maximum atomic E-state index is 11.8. The van der Waals surface area contributed by atoms with Crippen LogP contribution in [0.5, 0.6) is 0 Å². The number of hydrogen-bond donors (Lipinski definition) is 2. The third-order valence-electron chi connectivity index (χ3n) is 4.27. The number of nitrogens with zero attached hydrogens (tertiary/aromatic N) is 2. The molecule has 6 heteroatoms. The lowest BCUT2D eigenvalue weighted by molar-refractivity contribution is -0.114. The number of aliphatic imine (C=N–C) groups is 1. The van der Waals surface area contributed by atoms with Crippen LogP contribution in [0.15, 0.2) is 40.9 Å². The van der Waals surface area contributed by atoms with E-state index in [1.807, 2.05) is 24.3 Å². The molecule has 1 unspecified atom stereocenters. The van der Waals surface area contributed by atoms with E-state index in [1.54, 1.807) is 13.0 Å². The lowest BCUT2D eigenvalue weighted by atomic mass is 9.95. The molecule has 5 nitrogen and oxygen atoms in total. The number of halogens is 1. The first-order valence-corrected chi connectivity index (χ1v) is 9.00. The predicted octanol–water partition coefficient (Wildman–Crippen LogP) is 3.67. The quantitative estimate of drug-likeness (QED) is 0.729. The van der Waals surface area contributed by atoms with Gasteiger partial charge < -0.3 is 15.6 Å². The molecule has 1 aliphatic rings. The van der Waals surface area contributed by atoms with E-state index < -0.39 is 5.38 Å². The van der Waals surface area contributed by atoms with Gasteiger partial charge >= 0.3 is 0 Å². The summed E-state index contributed by atoms with van der Waals surface area (Å²) in [7, 11) is 0. The van der Waals surface area contributed by atoms with Gasteiger partial charge in [0.25, 0.3) is 0 Å². The molecule has 0 saturated carbocycles. The van der Waals surface area contributed by atoms with Crippen LogP contribution in [0.2, 0.25) is 0 Å². The van der Waals surface area contributed by atoms with E-state index in [0.717, 1.165) is 37.6 Å². The predicted molar refractivity (Wildman–Crippen MR) is 106 cm³/mol. The molecule has 0 amide bonds. The molecule has 0 aromatic heterocycles. The van der Waals surface area contributed by atoms with Crippen LogP contribution in [-0.2, 0) is 4.79 Å². The fourth-order valence-electron chi connectivity index (χ4n) is 2.60. The maximum Gasteiger partial charge on any atom is 0.182 e. The number of hydrogen-bond acceptors (Lipinski definition) is 5. The smallest absolute Gasteiger partial charge is 0.182 e. The molecule has 2 rings (SSSR count).